The lowest BCUT2D eigenvalue weighted by atomic mass is 9.97. The quantitative estimate of drug-likeness (QED) is 0.718. The SMILES string of the molecule is COC(=O)C1c2ccccc2-c2cccc(F)c21. The summed E-state index contributed by atoms with van der Waals surface area (Å²) in [6.07, 6.45) is 0. The predicted octanol–water partition coefficient (Wildman–Crippen LogP) is 3.11. The molecule has 18 heavy (non-hydrogen) atoms. The molecule has 2 aromatic rings. The normalized spacial score (nSPS) is 16.0. The summed E-state index contributed by atoms with van der Waals surface area (Å²) in [5.41, 5.74) is 2.92. The zero-order chi connectivity index (χ0) is 12.7. The van der Waals surface area contributed by atoms with E-state index in [4.69, 9.17) is 4.74 Å². The van der Waals surface area contributed by atoms with Crippen molar-refractivity contribution in [2.45, 2.75) is 5.92 Å². The molecule has 0 fully saturated rings. The van der Waals surface area contributed by atoms with Gasteiger partial charge in [0.1, 0.15) is 11.7 Å². The fourth-order valence-electron chi connectivity index (χ4n) is 2.58. The van der Waals surface area contributed by atoms with Gasteiger partial charge in [-0.3, -0.25) is 4.79 Å². The Morgan fingerprint density at radius 3 is 2.61 bits per heavy atom. The second kappa shape index (κ2) is 3.95. The Balaban J connectivity index is 2.32. The van der Waals surface area contributed by atoms with Gasteiger partial charge in [-0.25, -0.2) is 4.39 Å². The van der Waals surface area contributed by atoms with Crippen LogP contribution in [-0.4, -0.2) is 13.1 Å². The first-order valence-electron chi connectivity index (χ1n) is 5.69. The summed E-state index contributed by atoms with van der Waals surface area (Å²) in [6, 6.07) is 12.3. The minimum Gasteiger partial charge on any atom is -0.468 e. The highest BCUT2D eigenvalue weighted by atomic mass is 19.1. The molecule has 0 saturated heterocycles. The standard InChI is InChI=1S/C15H11FO2/c1-18-15(17)14-11-6-3-2-5-9(11)10-7-4-8-12(16)13(10)14/h2-8,14H,1H3. The first-order valence-corrected chi connectivity index (χ1v) is 5.69. The molecule has 0 radical (unpaired) electrons. The molecule has 0 aromatic heterocycles. The van der Waals surface area contributed by atoms with Crippen molar-refractivity contribution in [1.29, 1.82) is 0 Å². The smallest absolute Gasteiger partial charge is 0.317 e. The van der Waals surface area contributed by atoms with Crippen molar-refractivity contribution in [3.8, 4) is 11.1 Å². The fourth-order valence-corrected chi connectivity index (χ4v) is 2.58. The molecular weight excluding hydrogens is 231 g/mol. The van der Waals surface area contributed by atoms with Crippen LogP contribution in [0.15, 0.2) is 42.5 Å². The number of fused-ring (bicyclic) bond motifs is 3. The van der Waals surface area contributed by atoms with Crippen LogP contribution in [0.4, 0.5) is 4.39 Å². The summed E-state index contributed by atoms with van der Waals surface area (Å²) in [7, 11) is 1.32. The summed E-state index contributed by atoms with van der Waals surface area (Å²) in [5, 5.41) is 0. The number of benzene rings is 2. The Morgan fingerprint density at radius 2 is 1.83 bits per heavy atom. The molecule has 1 aliphatic carbocycles. The van der Waals surface area contributed by atoms with Crippen LogP contribution in [0.25, 0.3) is 11.1 Å². The third-order valence-corrected chi connectivity index (χ3v) is 3.34. The van der Waals surface area contributed by atoms with Crippen molar-refractivity contribution in [3.05, 3.63) is 59.4 Å². The molecule has 2 aromatic carbocycles. The van der Waals surface area contributed by atoms with Gasteiger partial charge in [-0.05, 0) is 22.8 Å². The molecule has 0 heterocycles. The van der Waals surface area contributed by atoms with Crippen molar-refractivity contribution in [2.24, 2.45) is 0 Å². The Hall–Kier alpha value is -2.16. The third kappa shape index (κ3) is 1.37. The number of carbonyl (C=O) groups excluding carboxylic acids is 1. The predicted molar refractivity (Wildman–Crippen MR) is 65.7 cm³/mol. The third-order valence-electron chi connectivity index (χ3n) is 3.34. The van der Waals surface area contributed by atoms with E-state index in [1.165, 1.54) is 13.2 Å². The van der Waals surface area contributed by atoms with E-state index >= 15 is 0 Å². The van der Waals surface area contributed by atoms with Crippen LogP contribution < -0.4 is 0 Å². The first kappa shape index (κ1) is 11.0. The Kier molecular flexibility index (Phi) is 2.40. The molecule has 0 N–H and O–H groups in total. The van der Waals surface area contributed by atoms with Crippen molar-refractivity contribution >= 4 is 5.97 Å². The average Bonchev–Trinajstić information content (AvgIpc) is 2.74. The van der Waals surface area contributed by atoms with Crippen LogP contribution in [-0.2, 0) is 9.53 Å². The van der Waals surface area contributed by atoms with Crippen LogP contribution >= 0.6 is 0 Å². The van der Waals surface area contributed by atoms with Crippen LogP contribution in [0, 0.1) is 5.82 Å². The average molecular weight is 242 g/mol. The van der Waals surface area contributed by atoms with Crippen molar-refractivity contribution < 1.29 is 13.9 Å². The lowest BCUT2D eigenvalue weighted by molar-refractivity contribution is -0.141. The highest BCUT2D eigenvalue weighted by Gasteiger charge is 2.36. The largest absolute Gasteiger partial charge is 0.468 e. The number of esters is 1. The molecule has 3 rings (SSSR count). The maximum Gasteiger partial charge on any atom is 0.317 e. The number of rotatable bonds is 1. The molecule has 0 spiro atoms. The number of hydrogen-bond donors (Lipinski definition) is 0. The molecule has 1 aliphatic rings. The molecular formula is C15H11FO2. The molecule has 2 nitrogen and oxygen atoms in total. The van der Waals surface area contributed by atoms with Crippen molar-refractivity contribution in [3.63, 3.8) is 0 Å². The lowest BCUT2D eigenvalue weighted by Gasteiger charge is -2.11. The zero-order valence-electron chi connectivity index (χ0n) is 9.81. The van der Waals surface area contributed by atoms with Gasteiger partial charge in [0.05, 0.1) is 7.11 Å². The van der Waals surface area contributed by atoms with E-state index in [0.717, 1.165) is 16.7 Å². The minimum absolute atomic E-state index is 0.362. The van der Waals surface area contributed by atoms with Gasteiger partial charge >= 0.3 is 5.97 Å². The van der Waals surface area contributed by atoms with Crippen molar-refractivity contribution in [2.75, 3.05) is 7.11 Å². The van der Waals surface area contributed by atoms with Gasteiger partial charge in [0.2, 0.25) is 0 Å². The molecule has 0 aliphatic heterocycles. The number of carbonyl (C=O) groups is 1. The van der Waals surface area contributed by atoms with Crippen LogP contribution in [0.3, 0.4) is 0 Å². The zero-order valence-corrected chi connectivity index (χ0v) is 9.81. The van der Waals surface area contributed by atoms with E-state index in [1.807, 2.05) is 30.3 Å². The maximum atomic E-state index is 14.0. The van der Waals surface area contributed by atoms with Gasteiger partial charge in [-0.2, -0.15) is 0 Å². The molecule has 0 bridgehead atoms. The summed E-state index contributed by atoms with van der Waals surface area (Å²) in [6.45, 7) is 0. The number of halogens is 1. The van der Waals surface area contributed by atoms with Crippen LogP contribution in [0.5, 0.6) is 0 Å². The molecule has 1 atom stereocenters. The summed E-state index contributed by atoms with van der Waals surface area (Å²) in [4.78, 5) is 11.9. The monoisotopic (exact) mass is 242 g/mol. The first-order chi connectivity index (χ1) is 8.74. The molecule has 90 valence electrons. The molecule has 0 amide bonds. The van der Waals surface area contributed by atoms with Gasteiger partial charge in [0.25, 0.3) is 0 Å². The Bertz CT molecular complexity index is 634. The fraction of sp³-hybridized carbons (Fsp3) is 0.133. The maximum absolute atomic E-state index is 14.0. The highest BCUT2D eigenvalue weighted by molar-refractivity contribution is 5.93. The van der Waals surface area contributed by atoms with Crippen LogP contribution in [0.2, 0.25) is 0 Å². The lowest BCUT2D eigenvalue weighted by Crippen LogP contribution is -2.14. The van der Waals surface area contributed by atoms with Gasteiger partial charge in [-0.1, -0.05) is 36.4 Å². The second-order valence-corrected chi connectivity index (χ2v) is 4.24. The van der Waals surface area contributed by atoms with Gasteiger partial charge in [-0.15, -0.1) is 0 Å². The van der Waals surface area contributed by atoms with Gasteiger partial charge < -0.3 is 4.74 Å². The summed E-state index contributed by atoms with van der Waals surface area (Å²) < 4.78 is 18.8. The van der Waals surface area contributed by atoms with Gasteiger partial charge in [0.15, 0.2) is 0 Å². The van der Waals surface area contributed by atoms with Crippen LogP contribution in [0.1, 0.15) is 17.0 Å². The van der Waals surface area contributed by atoms with Gasteiger partial charge in [0, 0.05) is 5.56 Å². The molecule has 3 heteroatoms. The Morgan fingerprint density at radius 1 is 1.11 bits per heavy atom. The van der Waals surface area contributed by atoms with E-state index < -0.39 is 11.9 Å². The molecule has 0 saturated carbocycles. The van der Waals surface area contributed by atoms with E-state index in [2.05, 4.69) is 0 Å². The van der Waals surface area contributed by atoms with Crippen molar-refractivity contribution in [1.82, 2.24) is 0 Å². The number of ether oxygens (including phenoxy) is 1. The van der Waals surface area contributed by atoms with E-state index in [-0.39, 0.29) is 5.82 Å². The topological polar surface area (TPSA) is 26.3 Å². The summed E-state index contributed by atoms with van der Waals surface area (Å²) >= 11 is 0. The summed E-state index contributed by atoms with van der Waals surface area (Å²) in [5.74, 6) is -1.44. The number of methoxy groups -OCH3 is 1. The van der Waals surface area contributed by atoms with E-state index in [9.17, 15) is 9.18 Å². The van der Waals surface area contributed by atoms with E-state index in [0.29, 0.717) is 5.56 Å². The second-order valence-electron chi connectivity index (χ2n) is 4.24. The van der Waals surface area contributed by atoms with E-state index in [1.54, 1.807) is 6.07 Å². The number of hydrogen-bond acceptors (Lipinski definition) is 2. The minimum atomic E-state index is -0.651. The Labute approximate surface area is 104 Å². The molecule has 1 unspecified atom stereocenters. The highest BCUT2D eigenvalue weighted by Crippen LogP contribution is 2.46.